The Morgan fingerprint density at radius 2 is 1.70 bits per heavy atom. The summed E-state index contributed by atoms with van der Waals surface area (Å²) in [5.74, 6) is 0.962. The molecule has 0 unspecified atom stereocenters. The van der Waals surface area contributed by atoms with Gasteiger partial charge in [0.2, 0.25) is 9.84 Å². The zero-order valence-corrected chi connectivity index (χ0v) is 21.8. The van der Waals surface area contributed by atoms with Crippen LogP contribution in [0, 0.1) is 6.92 Å². The summed E-state index contributed by atoms with van der Waals surface area (Å²) in [4.78, 5) is 8.56. The number of aryl methyl sites for hydroxylation is 2. The molecule has 0 aliphatic heterocycles. The summed E-state index contributed by atoms with van der Waals surface area (Å²) in [6, 6.07) is 3.95. The van der Waals surface area contributed by atoms with Crippen molar-refractivity contribution in [2.45, 2.75) is 89.4 Å². The number of methoxy groups -OCH3 is 1. The molecule has 0 amide bonds. The van der Waals surface area contributed by atoms with E-state index in [4.69, 9.17) is 4.74 Å². The van der Waals surface area contributed by atoms with Crippen molar-refractivity contribution < 1.29 is 13.2 Å². The Morgan fingerprint density at radius 1 is 1.03 bits per heavy atom. The molecular weight excluding hydrogens is 432 g/mol. The van der Waals surface area contributed by atoms with E-state index in [1.54, 1.807) is 14.0 Å². The third kappa shape index (κ3) is 7.53. The lowest BCUT2D eigenvalue weighted by Crippen LogP contribution is -2.11. The maximum absolute atomic E-state index is 13.7. The Bertz CT molecular complexity index is 1080. The van der Waals surface area contributed by atoms with Crippen LogP contribution in [0.4, 0.5) is 0 Å². The van der Waals surface area contributed by atoms with E-state index in [2.05, 4.69) is 49.8 Å². The second-order valence-electron chi connectivity index (χ2n) is 8.75. The second-order valence-corrected chi connectivity index (χ2v) is 10.6. The molecule has 33 heavy (non-hydrogen) atoms. The molecule has 0 aliphatic carbocycles. The molecule has 2 rings (SSSR count). The molecule has 2 aromatic rings. The Balaban J connectivity index is 2.50. The van der Waals surface area contributed by atoms with Gasteiger partial charge in [0, 0.05) is 12.4 Å². The predicted molar refractivity (Wildman–Crippen MR) is 135 cm³/mol. The fourth-order valence-corrected chi connectivity index (χ4v) is 5.29. The number of unbranched alkanes of at least 4 members (excludes halogenated alkanes) is 2. The van der Waals surface area contributed by atoms with Crippen molar-refractivity contribution >= 4 is 9.84 Å². The Hall–Kier alpha value is -2.47. The van der Waals surface area contributed by atoms with Crippen LogP contribution in [0.1, 0.15) is 76.8 Å². The molecule has 1 aromatic heterocycles. The van der Waals surface area contributed by atoms with Gasteiger partial charge in [-0.1, -0.05) is 55.2 Å². The number of sulfone groups is 1. The first-order chi connectivity index (χ1) is 15.7. The van der Waals surface area contributed by atoms with E-state index in [1.165, 1.54) is 23.5 Å². The fraction of sp³-hybridized carbons (Fsp3) is 0.481. The van der Waals surface area contributed by atoms with Crippen molar-refractivity contribution in [2.75, 3.05) is 7.11 Å². The van der Waals surface area contributed by atoms with Gasteiger partial charge in [0.25, 0.3) is 0 Å². The van der Waals surface area contributed by atoms with E-state index in [9.17, 15) is 8.42 Å². The minimum absolute atomic E-state index is 0.0914. The summed E-state index contributed by atoms with van der Waals surface area (Å²) < 4.78 is 33.1. The van der Waals surface area contributed by atoms with Crippen LogP contribution in [-0.4, -0.2) is 25.5 Å². The highest BCUT2D eigenvalue weighted by atomic mass is 32.2. The van der Waals surface area contributed by atoms with Gasteiger partial charge >= 0.3 is 0 Å². The van der Waals surface area contributed by atoms with Crippen LogP contribution in [0.15, 0.2) is 57.6 Å². The highest BCUT2D eigenvalue weighted by molar-refractivity contribution is 7.91. The number of allylic oxidation sites excluding steroid dienone is 4. The van der Waals surface area contributed by atoms with Crippen LogP contribution in [0.3, 0.4) is 0 Å². The number of nitrogens with zero attached hydrogens (tertiary/aromatic N) is 2. The number of ether oxygens (including phenoxy) is 1. The van der Waals surface area contributed by atoms with Crippen molar-refractivity contribution in [3.63, 3.8) is 0 Å². The molecule has 0 N–H and O–H groups in total. The first-order valence-corrected chi connectivity index (χ1v) is 13.2. The highest BCUT2D eigenvalue weighted by Gasteiger charge is 2.28. The van der Waals surface area contributed by atoms with Crippen LogP contribution in [0.25, 0.3) is 0 Å². The summed E-state index contributed by atoms with van der Waals surface area (Å²) in [5, 5.41) is 0. The third-order valence-corrected chi connectivity index (χ3v) is 7.44. The molecule has 6 heteroatoms. The van der Waals surface area contributed by atoms with Crippen molar-refractivity contribution in [3.8, 4) is 5.75 Å². The molecule has 0 radical (unpaired) electrons. The molecule has 1 heterocycles. The monoisotopic (exact) mass is 470 g/mol. The van der Waals surface area contributed by atoms with E-state index < -0.39 is 9.84 Å². The van der Waals surface area contributed by atoms with Crippen LogP contribution >= 0.6 is 0 Å². The van der Waals surface area contributed by atoms with Crippen LogP contribution in [0.2, 0.25) is 0 Å². The van der Waals surface area contributed by atoms with Gasteiger partial charge in [-0.25, -0.2) is 18.4 Å². The number of aromatic nitrogens is 2. The molecule has 0 spiro atoms. The molecule has 0 fully saturated rings. The number of hydrogen-bond donors (Lipinski definition) is 0. The Kier molecular flexibility index (Phi) is 10.3. The average Bonchev–Trinajstić information content (AvgIpc) is 2.77. The summed E-state index contributed by atoms with van der Waals surface area (Å²) >= 11 is 0. The van der Waals surface area contributed by atoms with Crippen LogP contribution < -0.4 is 4.74 Å². The van der Waals surface area contributed by atoms with Gasteiger partial charge in [0.15, 0.2) is 0 Å². The quantitative estimate of drug-likeness (QED) is 0.258. The molecular formula is C27H38N2O3S. The molecule has 0 bridgehead atoms. The summed E-state index contributed by atoms with van der Waals surface area (Å²) in [7, 11) is -2.28. The molecule has 0 saturated carbocycles. The SMILES string of the molecule is CCCCCc1ccc(C/C=C(\C)CCC=C(C)C)c(OC)c1S(=O)(=O)c1cnc(C)nc1. The summed E-state index contributed by atoms with van der Waals surface area (Å²) in [6.45, 7) is 10.2. The van der Waals surface area contributed by atoms with Crippen LogP contribution in [0.5, 0.6) is 5.75 Å². The van der Waals surface area contributed by atoms with Crippen molar-refractivity contribution in [1.82, 2.24) is 9.97 Å². The first-order valence-electron chi connectivity index (χ1n) is 11.7. The summed E-state index contributed by atoms with van der Waals surface area (Å²) in [5.41, 5.74) is 4.25. The lowest BCUT2D eigenvalue weighted by atomic mass is 10.0. The Morgan fingerprint density at radius 3 is 2.30 bits per heavy atom. The van der Waals surface area contributed by atoms with Gasteiger partial charge in [-0.3, -0.25) is 0 Å². The van der Waals surface area contributed by atoms with Gasteiger partial charge < -0.3 is 4.74 Å². The molecule has 0 saturated heterocycles. The normalized spacial score (nSPS) is 12.0. The lowest BCUT2D eigenvalue weighted by Gasteiger charge is -2.18. The van der Waals surface area contributed by atoms with Crippen molar-refractivity contribution in [2.24, 2.45) is 0 Å². The van der Waals surface area contributed by atoms with Crippen molar-refractivity contribution in [3.05, 3.63) is 64.8 Å². The zero-order valence-electron chi connectivity index (χ0n) is 20.9. The van der Waals surface area contributed by atoms with E-state index in [-0.39, 0.29) is 9.79 Å². The van der Waals surface area contributed by atoms with Crippen molar-refractivity contribution in [1.29, 1.82) is 0 Å². The van der Waals surface area contributed by atoms with E-state index in [0.717, 1.165) is 43.2 Å². The number of rotatable bonds is 12. The van der Waals surface area contributed by atoms with Gasteiger partial charge in [-0.2, -0.15) is 0 Å². The topological polar surface area (TPSA) is 69.2 Å². The number of hydrogen-bond acceptors (Lipinski definition) is 5. The highest BCUT2D eigenvalue weighted by Crippen LogP contribution is 2.36. The molecule has 0 atom stereocenters. The smallest absolute Gasteiger partial charge is 0.213 e. The van der Waals surface area contributed by atoms with Gasteiger partial charge in [-0.15, -0.1) is 0 Å². The molecule has 180 valence electrons. The maximum Gasteiger partial charge on any atom is 0.213 e. The summed E-state index contributed by atoms with van der Waals surface area (Å²) in [6.07, 6.45) is 13.5. The van der Waals surface area contributed by atoms with Gasteiger partial charge in [0.05, 0.1) is 7.11 Å². The maximum atomic E-state index is 13.7. The minimum Gasteiger partial charge on any atom is -0.495 e. The standard InChI is InChI=1S/C27H38N2O3S/c1-7-8-9-13-24-17-16-23(15-14-21(4)12-10-11-20(2)3)26(32-6)27(24)33(30,31)25-18-28-22(5)29-19-25/h11,14,16-19H,7-10,12-13,15H2,1-6H3/b21-14+. The van der Waals surface area contributed by atoms with Crippen LogP contribution in [-0.2, 0) is 22.7 Å². The van der Waals surface area contributed by atoms with Gasteiger partial charge in [0.1, 0.15) is 21.4 Å². The number of benzene rings is 1. The first kappa shape index (κ1) is 26.8. The molecule has 5 nitrogen and oxygen atoms in total. The van der Waals surface area contributed by atoms with E-state index in [1.807, 2.05) is 12.1 Å². The average molecular weight is 471 g/mol. The predicted octanol–water partition coefficient (Wildman–Crippen LogP) is 6.59. The second kappa shape index (κ2) is 12.7. The largest absolute Gasteiger partial charge is 0.495 e. The third-order valence-electron chi connectivity index (χ3n) is 5.63. The minimum atomic E-state index is -3.83. The van der Waals surface area contributed by atoms with E-state index in [0.29, 0.717) is 24.4 Å². The molecule has 0 aliphatic rings. The zero-order chi connectivity index (χ0) is 24.4. The molecule has 1 aromatic carbocycles. The van der Waals surface area contributed by atoms with Gasteiger partial charge in [-0.05, 0) is 70.9 Å². The van der Waals surface area contributed by atoms with E-state index >= 15 is 0 Å². The lowest BCUT2D eigenvalue weighted by molar-refractivity contribution is 0.397. The Labute approximate surface area is 199 Å². The fourth-order valence-electron chi connectivity index (χ4n) is 3.70.